The normalized spacial score (nSPS) is 14.1. The van der Waals surface area contributed by atoms with Gasteiger partial charge in [-0.05, 0) is 41.5 Å². The molecule has 6 nitrogen and oxygen atoms in total. The van der Waals surface area contributed by atoms with Crippen molar-refractivity contribution in [1.29, 1.82) is 10.5 Å². The highest BCUT2D eigenvalue weighted by atomic mass is 16.5. The Labute approximate surface area is 185 Å². The van der Waals surface area contributed by atoms with Gasteiger partial charge in [-0.15, -0.1) is 0 Å². The number of ether oxygens (including phenoxy) is 2. The van der Waals surface area contributed by atoms with Gasteiger partial charge in [0, 0.05) is 41.7 Å². The number of hydrogen-bond donors (Lipinski definition) is 1. The molecule has 2 aromatic carbocycles. The molecule has 0 atom stereocenters. The lowest BCUT2D eigenvalue weighted by Gasteiger charge is -2.23. The fourth-order valence-electron chi connectivity index (χ4n) is 4.00. The Morgan fingerprint density at radius 3 is 2.47 bits per heavy atom. The lowest BCUT2D eigenvalue weighted by atomic mass is 10.00. The van der Waals surface area contributed by atoms with Crippen LogP contribution >= 0.6 is 0 Å². The first kappa shape index (κ1) is 19.8. The Kier molecular flexibility index (Phi) is 5.29. The van der Waals surface area contributed by atoms with E-state index in [2.05, 4.69) is 28.2 Å². The van der Waals surface area contributed by atoms with Gasteiger partial charge in [-0.2, -0.15) is 10.5 Å². The minimum Gasteiger partial charge on any atom is -0.489 e. The summed E-state index contributed by atoms with van der Waals surface area (Å²) in [6.07, 6.45) is 5.47. The minimum absolute atomic E-state index is 0.0777. The maximum atomic E-state index is 9.72. The molecule has 0 bridgehead atoms. The largest absolute Gasteiger partial charge is 0.489 e. The molecular weight excluding hydrogens is 400 g/mol. The summed E-state index contributed by atoms with van der Waals surface area (Å²) in [5, 5.41) is 19.7. The predicted molar refractivity (Wildman–Crippen MR) is 121 cm³/mol. The molecule has 156 valence electrons. The first-order chi connectivity index (χ1) is 15.7. The van der Waals surface area contributed by atoms with Gasteiger partial charge < -0.3 is 14.5 Å². The zero-order valence-corrected chi connectivity index (χ0v) is 17.3. The van der Waals surface area contributed by atoms with Crippen molar-refractivity contribution in [3.05, 3.63) is 72.1 Å². The van der Waals surface area contributed by atoms with Gasteiger partial charge >= 0.3 is 0 Å². The highest BCUT2D eigenvalue weighted by Gasteiger charge is 2.18. The minimum atomic E-state index is 0.0777. The summed E-state index contributed by atoms with van der Waals surface area (Å²) < 4.78 is 11.5. The molecule has 1 aliphatic rings. The average molecular weight is 420 g/mol. The molecule has 1 saturated heterocycles. The van der Waals surface area contributed by atoms with E-state index in [-0.39, 0.29) is 6.10 Å². The Balaban J connectivity index is 1.49. The molecule has 0 spiro atoms. The molecule has 2 aromatic heterocycles. The van der Waals surface area contributed by atoms with Crippen molar-refractivity contribution < 1.29 is 9.47 Å². The van der Waals surface area contributed by atoms with Crippen LogP contribution in [0.25, 0.3) is 33.3 Å². The zero-order chi connectivity index (χ0) is 21.9. The van der Waals surface area contributed by atoms with Crippen LogP contribution in [0.5, 0.6) is 5.75 Å². The number of pyridine rings is 1. The van der Waals surface area contributed by atoms with Crippen molar-refractivity contribution in [2.75, 3.05) is 13.2 Å². The molecule has 6 heteroatoms. The number of aromatic nitrogens is 2. The maximum Gasteiger partial charge on any atom is 0.137 e. The van der Waals surface area contributed by atoms with Crippen LogP contribution in [0.2, 0.25) is 0 Å². The van der Waals surface area contributed by atoms with Gasteiger partial charge in [0.1, 0.15) is 23.6 Å². The van der Waals surface area contributed by atoms with Crippen molar-refractivity contribution in [2.45, 2.75) is 18.9 Å². The molecule has 0 radical (unpaired) electrons. The van der Waals surface area contributed by atoms with E-state index in [1.54, 1.807) is 12.1 Å². The lowest BCUT2D eigenvalue weighted by Crippen LogP contribution is -2.26. The van der Waals surface area contributed by atoms with Gasteiger partial charge in [0.2, 0.25) is 0 Å². The Hall–Kier alpha value is -4.13. The van der Waals surface area contributed by atoms with Gasteiger partial charge in [0.05, 0.1) is 30.4 Å². The van der Waals surface area contributed by atoms with E-state index in [4.69, 9.17) is 14.7 Å². The van der Waals surface area contributed by atoms with E-state index in [1.165, 1.54) is 0 Å². The Morgan fingerprint density at radius 1 is 0.938 bits per heavy atom. The second-order valence-electron chi connectivity index (χ2n) is 7.76. The van der Waals surface area contributed by atoms with E-state index in [0.29, 0.717) is 30.1 Å². The number of hydrogen-bond acceptors (Lipinski definition) is 5. The molecule has 0 saturated carbocycles. The number of benzene rings is 2. The van der Waals surface area contributed by atoms with Crippen LogP contribution in [0.4, 0.5) is 0 Å². The zero-order valence-electron chi connectivity index (χ0n) is 17.3. The van der Waals surface area contributed by atoms with Crippen LogP contribution in [-0.2, 0) is 4.74 Å². The smallest absolute Gasteiger partial charge is 0.137 e. The van der Waals surface area contributed by atoms with Crippen LogP contribution < -0.4 is 4.74 Å². The number of rotatable bonds is 4. The second-order valence-corrected chi connectivity index (χ2v) is 7.76. The molecule has 0 aliphatic carbocycles. The van der Waals surface area contributed by atoms with E-state index >= 15 is 0 Å². The summed E-state index contributed by atoms with van der Waals surface area (Å²) in [7, 11) is 0. The average Bonchev–Trinajstić information content (AvgIpc) is 3.28. The molecule has 4 aromatic rings. The summed E-state index contributed by atoms with van der Waals surface area (Å²) in [5.41, 5.74) is 5.75. The molecule has 0 unspecified atom stereocenters. The first-order valence-electron chi connectivity index (χ1n) is 10.5. The van der Waals surface area contributed by atoms with Crippen molar-refractivity contribution >= 4 is 11.0 Å². The number of H-pyrrole nitrogens is 1. The van der Waals surface area contributed by atoms with E-state index < -0.39 is 0 Å². The van der Waals surface area contributed by atoms with Crippen molar-refractivity contribution in [3.63, 3.8) is 0 Å². The van der Waals surface area contributed by atoms with E-state index in [1.807, 2.05) is 42.7 Å². The third-order valence-corrected chi connectivity index (χ3v) is 5.75. The van der Waals surface area contributed by atoms with Crippen LogP contribution in [-0.4, -0.2) is 29.3 Å². The molecule has 32 heavy (non-hydrogen) atoms. The first-order valence-corrected chi connectivity index (χ1v) is 10.5. The summed E-state index contributed by atoms with van der Waals surface area (Å²) in [4.78, 5) is 7.78. The highest BCUT2D eigenvalue weighted by molar-refractivity contribution is 5.96. The molecule has 1 N–H and O–H groups in total. The van der Waals surface area contributed by atoms with Gasteiger partial charge in [-0.3, -0.25) is 0 Å². The summed E-state index contributed by atoms with van der Waals surface area (Å²) in [6.45, 7) is 1.38. The van der Waals surface area contributed by atoms with Gasteiger partial charge in [-0.25, -0.2) is 4.98 Å². The molecule has 5 rings (SSSR count). The number of aromatic amines is 1. The van der Waals surface area contributed by atoms with Crippen molar-refractivity contribution in [2.24, 2.45) is 0 Å². The van der Waals surface area contributed by atoms with Crippen LogP contribution in [0.3, 0.4) is 0 Å². The molecule has 1 fully saturated rings. The third-order valence-electron chi connectivity index (χ3n) is 5.75. The van der Waals surface area contributed by atoms with Crippen LogP contribution in [0, 0.1) is 22.7 Å². The second kappa shape index (κ2) is 8.55. The Morgan fingerprint density at radius 2 is 1.72 bits per heavy atom. The number of fused-ring (bicyclic) bond motifs is 1. The van der Waals surface area contributed by atoms with E-state index in [0.717, 1.165) is 46.1 Å². The van der Waals surface area contributed by atoms with Gasteiger partial charge in [0.25, 0.3) is 0 Å². The maximum absolute atomic E-state index is 9.72. The highest BCUT2D eigenvalue weighted by Crippen LogP contribution is 2.34. The Bertz CT molecular complexity index is 1350. The SMILES string of the molecule is N#Cc1ccc(-c2cnc3[nH]cc(-c4ccc(OC5CCOCC5)c(C#N)c4)c3c2)cc1. The lowest BCUT2D eigenvalue weighted by molar-refractivity contribution is 0.0254. The number of nitriles is 2. The molecular formula is C26H20N4O2. The van der Waals surface area contributed by atoms with Crippen LogP contribution in [0.15, 0.2) is 60.9 Å². The fourth-order valence-corrected chi connectivity index (χ4v) is 4.00. The van der Waals surface area contributed by atoms with Gasteiger partial charge in [0.15, 0.2) is 0 Å². The standard InChI is InChI=1S/C26H20N4O2/c27-13-17-1-3-18(4-2-17)21-12-23-24(16-30-26(23)29-15-21)19-5-6-25(20(11-19)14-28)32-22-7-9-31-10-8-22/h1-6,11-12,15-16,22H,7-10H2,(H,29,30). The molecule has 1 aliphatic heterocycles. The number of nitrogens with one attached hydrogen (secondary N) is 1. The van der Waals surface area contributed by atoms with Crippen molar-refractivity contribution in [3.8, 4) is 40.1 Å². The summed E-state index contributed by atoms with van der Waals surface area (Å²) in [5.74, 6) is 0.611. The number of nitrogens with zero attached hydrogens (tertiary/aromatic N) is 3. The van der Waals surface area contributed by atoms with Crippen LogP contribution in [0.1, 0.15) is 24.0 Å². The molecule has 3 heterocycles. The summed E-state index contributed by atoms with van der Waals surface area (Å²) >= 11 is 0. The molecule has 0 amide bonds. The fraction of sp³-hybridized carbons (Fsp3) is 0.192. The third kappa shape index (κ3) is 3.80. The summed E-state index contributed by atoms with van der Waals surface area (Å²) in [6, 6.07) is 19.7. The van der Waals surface area contributed by atoms with Crippen molar-refractivity contribution in [1.82, 2.24) is 9.97 Å². The van der Waals surface area contributed by atoms with E-state index in [9.17, 15) is 5.26 Å². The monoisotopic (exact) mass is 420 g/mol. The quantitative estimate of drug-likeness (QED) is 0.490. The topological polar surface area (TPSA) is 94.7 Å². The predicted octanol–water partition coefficient (Wildman–Crippen LogP) is 5.20. The van der Waals surface area contributed by atoms with Gasteiger partial charge in [-0.1, -0.05) is 18.2 Å².